The van der Waals surface area contributed by atoms with E-state index < -0.39 is 0 Å². The fraction of sp³-hybridized carbons (Fsp3) is 0.909. The Kier molecular flexibility index (Phi) is 3.66. The van der Waals surface area contributed by atoms with Crippen LogP contribution in [0.4, 0.5) is 0 Å². The maximum atomic E-state index is 9.73. The second-order valence-electron chi connectivity index (χ2n) is 5.18. The van der Waals surface area contributed by atoms with E-state index in [1.54, 1.807) is 0 Å². The zero-order chi connectivity index (χ0) is 11.7. The highest BCUT2D eigenvalue weighted by atomic mass is 32.1. The van der Waals surface area contributed by atoms with E-state index in [4.69, 9.17) is 12.2 Å². The minimum atomic E-state index is -0.232. The lowest BCUT2D eigenvalue weighted by Crippen LogP contribution is -2.46. The molecule has 1 saturated carbocycles. The molecule has 0 spiro atoms. The molecule has 0 aromatic heterocycles. The normalized spacial score (nSPS) is 29.9. The summed E-state index contributed by atoms with van der Waals surface area (Å²) in [6.07, 6.45) is 3.05. The van der Waals surface area contributed by atoms with Gasteiger partial charge in [0.25, 0.3) is 0 Å². The van der Waals surface area contributed by atoms with E-state index in [9.17, 15) is 5.11 Å². The number of nitrogens with one attached hydrogen (secondary N) is 1. The lowest BCUT2D eigenvalue weighted by Gasteiger charge is -2.29. The van der Waals surface area contributed by atoms with Gasteiger partial charge >= 0.3 is 0 Å². The molecule has 1 heterocycles. The van der Waals surface area contributed by atoms with Gasteiger partial charge in [0.2, 0.25) is 0 Å². The molecule has 2 aliphatic rings. The predicted octanol–water partition coefficient (Wildman–Crippen LogP) is 0.0201. The van der Waals surface area contributed by atoms with Crippen molar-refractivity contribution in [2.24, 2.45) is 0 Å². The topological polar surface area (TPSA) is 38.7 Å². The first-order valence-corrected chi connectivity index (χ1v) is 6.37. The van der Waals surface area contributed by atoms with Gasteiger partial charge in [0.05, 0.1) is 6.10 Å². The van der Waals surface area contributed by atoms with Crippen LogP contribution in [-0.2, 0) is 0 Å². The summed E-state index contributed by atoms with van der Waals surface area (Å²) in [5.74, 6) is 0. The van der Waals surface area contributed by atoms with Crippen molar-refractivity contribution in [3.8, 4) is 0 Å². The Morgan fingerprint density at radius 2 is 2.19 bits per heavy atom. The average molecular weight is 243 g/mol. The number of likely N-dealkylation sites (tertiary alicyclic amines) is 1. The Morgan fingerprint density at radius 1 is 1.50 bits per heavy atom. The molecule has 0 aromatic rings. The molecule has 2 atom stereocenters. The van der Waals surface area contributed by atoms with E-state index in [2.05, 4.69) is 29.2 Å². The molecular weight excluding hydrogens is 222 g/mol. The molecule has 2 fully saturated rings. The van der Waals surface area contributed by atoms with E-state index >= 15 is 0 Å². The summed E-state index contributed by atoms with van der Waals surface area (Å²) in [6.45, 7) is 1.63. The minimum Gasteiger partial charge on any atom is -0.391 e. The van der Waals surface area contributed by atoms with Crippen LogP contribution in [0.5, 0.6) is 0 Å². The van der Waals surface area contributed by atoms with Crippen molar-refractivity contribution in [1.29, 1.82) is 0 Å². The molecule has 0 amide bonds. The zero-order valence-corrected chi connectivity index (χ0v) is 10.8. The van der Waals surface area contributed by atoms with Crippen LogP contribution in [0.2, 0.25) is 0 Å². The number of nitrogens with zero attached hydrogens (tertiary/aromatic N) is 2. The third kappa shape index (κ3) is 3.06. The van der Waals surface area contributed by atoms with Crippen LogP contribution in [0.3, 0.4) is 0 Å². The summed E-state index contributed by atoms with van der Waals surface area (Å²) in [5, 5.41) is 13.9. The van der Waals surface area contributed by atoms with Crippen molar-refractivity contribution in [2.45, 2.75) is 37.5 Å². The highest BCUT2D eigenvalue weighted by Crippen LogP contribution is 2.22. The Hall–Kier alpha value is -0.390. The first-order valence-electron chi connectivity index (χ1n) is 5.96. The van der Waals surface area contributed by atoms with E-state index in [0.717, 1.165) is 18.1 Å². The molecular formula is C11H21N3OS. The smallest absolute Gasteiger partial charge is 0.169 e. The van der Waals surface area contributed by atoms with Crippen LogP contribution in [0, 0.1) is 0 Å². The van der Waals surface area contributed by atoms with Gasteiger partial charge in [-0.3, -0.25) is 0 Å². The standard InChI is InChI=1S/C11H21N3OS/c1-13(2)6-9-5-10(15)7-14(9)11(16)12-8-3-4-8/h8-10,15H,3-7H2,1-2H3,(H,12,16). The Bertz CT molecular complexity index is 268. The zero-order valence-electron chi connectivity index (χ0n) is 10.0. The van der Waals surface area contributed by atoms with Gasteiger partial charge in [-0.05, 0) is 45.6 Å². The second-order valence-corrected chi connectivity index (χ2v) is 5.57. The SMILES string of the molecule is CN(C)CC1CC(O)CN1C(=S)NC1CC1. The summed E-state index contributed by atoms with van der Waals surface area (Å²) < 4.78 is 0. The highest BCUT2D eigenvalue weighted by molar-refractivity contribution is 7.80. The number of β-amino-alcohol motifs (C(OH)–C–C–N with tert-alkyl or cyclic N) is 1. The maximum Gasteiger partial charge on any atom is 0.169 e. The number of aliphatic hydroxyl groups excluding tert-OH is 1. The minimum absolute atomic E-state index is 0.232. The van der Waals surface area contributed by atoms with Crippen molar-refractivity contribution in [3.63, 3.8) is 0 Å². The Morgan fingerprint density at radius 3 is 2.75 bits per heavy atom. The van der Waals surface area contributed by atoms with E-state index in [1.165, 1.54) is 12.8 Å². The van der Waals surface area contributed by atoms with Gasteiger partial charge in [0.15, 0.2) is 5.11 Å². The van der Waals surface area contributed by atoms with Gasteiger partial charge in [-0.1, -0.05) is 0 Å². The number of aliphatic hydroxyl groups is 1. The fourth-order valence-corrected chi connectivity index (χ4v) is 2.61. The quantitative estimate of drug-likeness (QED) is 0.684. The first kappa shape index (κ1) is 12.1. The van der Waals surface area contributed by atoms with Crippen LogP contribution >= 0.6 is 12.2 Å². The lowest BCUT2D eigenvalue weighted by atomic mass is 10.2. The van der Waals surface area contributed by atoms with Crippen molar-refractivity contribution >= 4 is 17.3 Å². The average Bonchev–Trinajstić information content (AvgIpc) is 2.89. The van der Waals surface area contributed by atoms with Crippen LogP contribution in [-0.4, -0.2) is 65.4 Å². The van der Waals surface area contributed by atoms with Crippen LogP contribution < -0.4 is 5.32 Å². The number of rotatable bonds is 3. The summed E-state index contributed by atoms with van der Waals surface area (Å²) >= 11 is 5.40. The van der Waals surface area contributed by atoms with Gasteiger partial charge in [0.1, 0.15) is 0 Å². The fourth-order valence-electron chi connectivity index (χ4n) is 2.22. The molecule has 1 saturated heterocycles. The van der Waals surface area contributed by atoms with Crippen LogP contribution in [0.15, 0.2) is 0 Å². The number of thiocarbonyl (C=S) groups is 1. The maximum absolute atomic E-state index is 9.73. The molecule has 2 N–H and O–H groups in total. The lowest BCUT2D eigenvalue weighted by molar-refractivity contribution is 0.187. The molecule has 0 bridgehead atoms. The van der Waals surface area contributed by atoms with Crippen LogP contribution in [0.25, 0.3) is 0 Å². The third-order valence-corrected chi connectivity index (χ3v) is 3.49. The summed E-state index contributed by atoms with van der Waals surface area (Å²) in [4.78, 5) is 4.30. The molecule has 0 radical (unpaired) electrons. The van der Waals surface area contributed by atoms with E-state index in [-0.39, 0.29) is 6.10 Å². The van der Waals surface area contributed by atoms with E-state index in [1.807, 2.05) is 0 Å². The summed E-state index contributed by atoms with van der Waals surface area (Å²) in [7, 11) is 4.11. The number of hydrogen-bond acceptors (Lipinski definition) is 3. The molecule has 4 nitrogen and oxygen atoms in total. The first-order chi connectivity index (χ1) is 7.56. The second kappa shape index (κ2) is 4.85. The summed E-state index contributed by atoms with van der Waals surface area (Å²) in [6, 6.07) is 0.939. The number of likely N-dealkylation sites (N-methyl/N-ethyl adjacent to an activating group) is 1. The monoisotopic (exact) mass is 243 g/mol. The van der Waals surface area contributed by atoms with Crippen molar-refractivity contribution in [3.05, 3.63) is 0 Å². The molecule has 1 aliphatic carbocycles. The van der Waals surface area contributed by atoms with Gasteiger partial charge in [0, 0.05) is 25.2 Å². The largest absolute Gasteiger partial charge is 0.391 e. The van der Waals surface area contributed by atoms with Gasteiger partial charge in [-0.15, -0.1) is 0 Å². The molecule has 5 heteroatoms. The van der Waals surface area contributed by atoms with Crippen molar-refractivity contribution < 1.29 is 5.11 Å². The van der Waals surface area contributed by atoms with Crippen molar-refractivity contribution in [2.75, 3.05) is 27.2 Å². The molecule has 2 unspecified atom stereocenters. The van der Waals surface area contributed by atoms with E-state index in [0.29, 0.717) is 18.6 Å². The van der Waals surface area contributed by atoms with Gasteiger partial charge < -0.3 is 20.2 Å². The summed E-state index contributed by atoms with van der Waals surface area (Å²) in [5.41, 5.74) is 0. The highest BCUT2D eigenvalue weighted by Gasteiger charge is 2.34. The molecule has 1 aliphatic heterocycles. The predicted molar refractivity (Wildman–Crippen MR) is 68.4 cm³/mol. The Balaban J connectivity index is 1.91. The van der Waals surface area contributed by atoms with Crippen LogP contribution in [0.1, 0.15) is 19.3 Å². The molecule has 16 heavy (non-hydrogen) atoms. The Labute approximate surface area is 103 Å². The number of hydrogen-bond donors (Lipinski definition) is 2. The third-order valence-electron chi connectivity index (χ3n) is 3.13. The van der Waals surface area contributed by atoms with Gasteiger partial charge in [-0.25, -0.2) is 0 Å². The van der Waals surface area contributed by atoms with Gasteiger partial charge in [-0.2, -0.15) is 0 Å². The molecule has 2 rings (SSSR count). The molecule has 92 valence electrons. The molecule has 0 aromatic carbocycles. The van der Waals surface area contributed by atoms with Crippen molar-refractivity contribution in [1.82, 2.24) is 15.1 Å².